The van der Waals surface area contributed by atoms with Gasteiger partial charge in [-0.15, -0.1) is 0 Å². The zero-order chi connectivity index (χ0) is 23.0. The molecule has 2 aromatic carbocycles. The Morgan fingerprint density at radius 1 is 1.03 bits per heavy atom. The molecule has 1 N–H and O–H groups in total. The average Bonchev–Trinajstić information content (AvgIpc) is 2.78. The Labute approximate surface area is 193 Å². The quantitative estimate of drug-likeness (QED) is 0.689. The molecule has 0 radical (unpaired) electrons. The van der Waals surface area contributed by atoms with Gasteiger partial charge in [0, 0.05) is 19.7 Å². The molecular formula is C27H37NO3S. The lowest BCUT2D eigenvalue weighted by Gasteiger charge is -2.52. The van der Waals surface area contributed by atoms with Crippen molar-refractivity contribution >= 4 is 10.0 Å². The fourth-order valence-corrected chi connectivity index (χ4v) is 7.32. The molecule has 0 bridgehead atoms. The second-order valence-electron chi connectivity index (χ2n) is 10.9. The van der Waals surface area contributed by atoms with E-state index in [9.17, 15) is 13.5 Å². The van der Waals surface area contributed by atoms with E-state index in [1.165, 1.54) is 5.56 Å². The molecule has 0 aromatic heterocycles. The van der Waals surface area contributed by atoms with Gasteiger partial charge in [0.05, 0.1) is 4.90 Å². The third-order valence-corrected chi connectivity index (χ3v) is 9.63. The first-order valence-corrected chi connectivity index (χ1v) is 13.3. The van der Waals surface area contributed by atoms with Crippen molar-refractivity contribution in [2.45, 2.75) is 63.2 Å². The molecule has 4 rings (SSSR count). The summed E-state index contributed by atoms with van der Waals surface area (Å²) in [7, 11) is -3.54. The fraction of sp³-hybridized carbons (Fsp3) is 0.556. The van der Waals surface area contributed by atoms with E-state index in [-0.39, 0.29) is 17.4 Å². The zero-order valence-corrected chi connectivity index (χ0v) is 20.4. The van der Waals surface area contributed by atoms with E-state index in [1.807, 2.05) is 18.2 Å². The summed E-state index contributed by atoms with van der Waals surface area (Å²) in [6.45, 7) is 7.77. The van der Waals surface area contributed by atoms with Gasteiger partial charge in [-0.3, -0.25) is 0 Å². The van der Waals surface area contributed by atoms with Crippen molar-refractivity contribution in [3.8, 4) is 0 Å². The first kappa shape index (κ1) is 23.5. The van der Waals surface area contributed by atoms with E-state index >= 15 is 0 Å². The number of hydrogen-bond acceptors (Lipinski definition) is 3. The number of nitrogens with zero attached hydrogens (tertiary/aromatic N) is 1. The molecule has 5 heteroatoms. The Morgan fingerprint density at radius 2 is 1.72 bits per heavy atom. The van der Waals surface area contributed by atoms with E-state index < -0.39 is 10.0 Å². The zero-order valence-electron chi connectivity index (χ0n) is 19.6. The average molecular weight is 456 g/mol. The highest BCUT2D eigenvalue weighted by atomic mass is 32.2. The summed E-state index contributed by atoms with van der Waals surface area (Å²) >= 11 is 0. The van der Waals surface area contributed by atoms with Gasteiger partial charge in [0.1, 0.15) is 0 Å². The molecule has 4 nitrogen and oxygen atoms in total. The van der Waals surface area contributed by atoms with Crippen LogP contribution >= 0.6 is 0 Å². The van der Waals surface area contributed by atoms with Crippen LogP contribution in [0.1, 0.15) is 57.6 Å². The Morgan fingerprint density at radius 3 is 2.34 bits per heavy atom. The molecule has 0 spiro atoms. The summed E-state index contributed by atoms with van der Waals surface area (Å²) in [5, 5.41) is 9.76. The second-order valence-corrected chi connectivity index (χ2v) is 12.9. The van der Waals surface area contributed by atoms with Gasteiger partial charge < -0.3 is 5.11 Å². The molecule has 3 atom stereocenters. The fourth-order valence-electron chi connectivity index (χ4n) is 5.77. The number of hydrogen-bond donors (Lipinski definition) is 1. The van der Waals surface area contributed by atoms with Crippen molar-refractivity contribution in [1.29, 1.82) is 0 Å². The number of aliphatic hydroxyl groups is 1. The monoisotopic (exact) mass is 455 g/mol. The summed E-state index contributed by atoms with van der Waals surface area (Å²) in [6.07, 6.45) is 4.69. The Bertz CT molecular complexity index is 1010. The van der Waals surface area contributed by atoms with E-state index in [2.05, 4.69) is 45.0 Å². The topological polar surface area (TPSA) is 57.6 Å². The highest BCUT2D eigenvalue weighted by Gasteiger charge is 2.49. The summed E-state index contributed by atoms with van der Waals surface area (Å²) in [4.78, 5) is 0.392. The molecule has 1 saturated carbocycles. The summed E-state index contributed by atoms with van der Waals surface area (Å²) in [5.41, 5.74) is 2.34. The lowest BCUT2D eigenvalue weighted by molar-refractivity contribution is -0.00736. The molecule has 1 heterocycles. The van der Waals surface area contributed by atoms with Crippen LogP contribution in [0, 0.1) is 17.3 Å². The minimum atomic E-state index is -3.54. The smallest absolute Gasteiger partial charge is 0.243 e. The normalized spacial score (nSPS) is 27.1. The maximum absolute atomic E-state index is 13.6. The lowest BCUT2D eigenvalue weighted by atomic mass is 9.58. The minimum Gasteiger partial charge on any atom is -0.396 e. The van der Waals surface area contributed by atoms with Gasteiger partial charge in [0.25, 0.3) is 0 Å². The van der Waals surface area contributed by atoms with Gasteiger partial charge in [-0.25, -0.2) is 8.42 Å². The molecule has 32 heavy (non-hydrogen) atoms. The van der Waals surface area contributed by atoms with Crippen molar-refractivity contribution < 1.29 is 13.5 Å². The van der Waals surface area contributed by atoms with Crippen LogP contribution in [0.2, 0.25) is 0 Å². The maximum atomic E-state index is 13.6. The van der Waals surface area contributed by atoms with Gasteiger partial charge in [-0.2, -0.15) is 4.31 Å². The van der Waals surface area contributed by atoms with Crippen LogP contribution in [0.4, 0.5) is 0 Å². The first-order chi connectivity index (χ1) is 15.1. The third kappa shape index (κ3) is 4.66. The molecule has 1 saturated heterocycles. The van der Waals surface area contributed by atoms with Crippen LogP contribution in [-0.2, 0) is 21.9 Å². The molecule has 2 aliphatic rings. The van der Waals surface area contributed by atoms with Crippen molar-refractivity contribution in [1.82, 2.24) is 4.31 Å². The molecule has 1 aliphatic heterocycles. The predicted octanol–water partition coefficient (Wildman–Crippen LogP) is 5.02. The SMILES string of the molecule is CC(C)(C)c1ccc(S(=O)(=O)N2CC[C@H]3C[C@@H](CO)CC[C@]3(Cc3ccccc3)C2)cc1. The van der Waals surface area contributed by atoms with E-state index in [0.717, 1.165) is 37.7 Å². The van der Waals surface area contributed by atoms with Gasteiger partial charge in [0.2, 0.25) is 10.0 Å². The summed E-state index contributed by atoms with van der Waals surface area (Å²) in [5.74, 6) is 0.792. The maximum Gasteiger partial charge on any atom is 0.243 e. The minimum absolute atomic E-state index is 0.00821. The standard InChI is InChI=1S/C27H37NO3S/c1-26(2,3)23-9-11-25(12-10-23)32(30,31)28-16-14-24-17-22(19-29)13-15-27(24,20-28)18-21-7-5-4-6-8-21/h4-12,22,24,29H,13-20H2,1-3H3/t22-,24-,27-/m0/s1. The Hall–Kier alpha value is -1.69. The molecule has 1 aliphatic carbocycles. The number of benzene rings is 2. The number of sulfonamides is 1. The van der Waals surface area contributed by atoms with Gasteiger partial charge in [0.15, 0.2) is 0 Å². The number of rotatable bonds is 5. The second kappa shape index (κ2) is 8.92. The van der Waals surface area contributed by atoms with Crippen molar-refractivity contribution in [2.24, 2.45) is 17.3 Å². The first-order valence-electron chi connectivity index (χ1n) is 11.9. The van der Waals surface area contributed by atoms with Gasteiger partial charge in [-0.1, -0.05) is 63.2 Å². The van der Waals surface area contributed by atoms with Crippen LogP contribution < -0.4 is 0 Å². The van der Waals surface area contributed by atoms with Crippen LogP contribution in [0.3, 0.4) is 0 Å². The molecule has 174 valence electrons. The van der Waals surface area contributed by atoms with Crippen molar-refractivity contribution in [3.63, 3.8) is 0 Å². The number of piperidine rings is 1. The highest BCUT2D eigenvalue weighted by molar-refractivity contribution is 7.89. The summed E-state index contributed by atoms with van der Waals surface area (Å²) < 4.78 is 29.0. The van der Waals surface area contributed by atoms with E-state index in [0.29, 0.717) is 29.8 Å². The van der Waals surface area contributed by atoms with Crippen LogP contribution in [0.25, 0.3) is 0 Å². The van der Waals surface area contributed by atoms with Gasteiger partial charge in [-0.05, 0) is 78.0 Å². The Kier molecular flexibility index (Phi) is 6.54. The van der Waals surface area contributed by atoms with E-state index in [1.54, 1.807) is 16.4 Å². The Balaban J connectivity index is 1.62. The van der Waals surface area contributed by atoms with Crippen molar-refractivity contribution in [3.05, 3.63) is 65.7 Å². The molecular weight excluding hydrogens is 418 g/mol. The molecule has 0 amide bonds. The van der Waals surface area contributed by atoms with Gasteiger partial charge >= 0.3 is 0 Å². The molecule has 2 fully saturated rings. The van der Waals surface area contributed by atoms with Crippen LogP contribution in [0.15, 0.2) is 59.5 Å². The largest absolute Gasteiger partial charge is 0.396 e. The van der Waals surface area contributed by atoms with Crippen LogP contribution in [0.5, 0.6) is 0 Å². The summed E-state index contributed by atoms with van der Waals surface area (Å²) in [6, 6.07) is 17.9. The highest BCUT2D eigenvalue weighted by Crippen LogP contribution is 2.51. The molecule has 2 aromatic rings. The third-order valence-electron chi connectivity index (χ3n) is 7.77. The van der Waals surface area contributed by atoms with Crippen LogP contribution in [-0.4, -0.2) is 37.5 Å². The lowest BCUT2D eigenvalue weighted by Crippen LogP contribution is -2.54. The molecule has 0 unspecified atom stereocenters. The predicted molar refractivity (Wildman–Crippen MR) is 129 cm³/mol. The number of aliphatic hydroxyl groups excluding tert-OH is 1. The van der Waals surface area contributed by atoms with Crippen molar-refractivity contribution in [2.75, 3.05) is 19.7 Å². The van der Waals surface area contributed by atoms with E-state index in [4.69, 9.17) is 0 Å². The number of fused-ring (bicyclic) bond motifs is 1.